The zero-order valence-electron chi connectivity index (χ0n) is 15.2. The second kappa shape index (κ2) is 11.0. The first-order valence-corrected chi connectivity index (χ1v) is 23.8. The van der Waals surface area contributed by atoms with E-state index in [4.69, 9.17) is 9.47 Å². The van der Waals surface area contributed by atoms with Gasteiger partial charge in [-0.1, -0.05) is 0 Å². The van der Waals surface area contributed by atoms with Gasteiger partial charge in [0.1, 0.15) is 0 Å². The van der Waals surface area contributed by atoms with Crippen molar-refractivity contribution in [1.29, 1.82) is 0 Å². The molecule has 2 heterocycles. The van der Waals surface area contributed by atoms with Crippen molar-refractivity contribution in [3.05, 3.63) is 59.7 Å². The van der Waals surface area contributed by atoms with E-state index in [1.54, 1.807) is 0 Å². The van der Waals surface area contributed by atoms with E-state index in [9.17, 15) is 0 Å². The van der Waals surface area contributed by atoms with Gasteiger partial charge in [-0.05, 0) is 0 Å². The molecule has 2 aromatic rings. The van der Waals surface area contributed by atoms with Gasteiger partial charge in [0.2, 0.25) is 0 Å². The van der Waals surface area contributed by atoms with E-state index in [1.807, 2.05) is 0 Å². The Kier molecular flexibility index (Phi) is 8.15. The predicted molar refractivity (Wildman–Crippen MR) is 119 cm³/mol. The number of nitrogens with zero attached hydrogens (tertiary/aromatic N) is 2. The summed E-state index contributed by atoms with van der Waals surface area (Å²) in [7, 11) is 0. The Bertz CT molecular complexity index is 801. The molecule has 0 atom stereocenters. The van der Waals surface area contributed by atoms with Crippen LogP contribution >= 0.6 is 0 Å². The van der Waals surface area contributed by atoms with E-state index in [0.717, 1.165) is 50.9 Å². The van der Waals surface area contributed by atoms with Crippen LogP contribution in [0.15, 0.2) is 58.5 Å². The number of ether oxygens (including phenoxy) is 2. The zero-order valence-corrected chi connectivity index (χ0v) is 22.1. The quantitative estimate of drug-likeness (QED) is 0.329. The third kappa shape index (κ3) is 5.53. The predicted octanol–water partition coefficient (Wildman–Crippen LogP) is 0.533. The van der Waals surface area contributed by atoms with Gasteiger partial charge in [0.25, 0.3) is 0 Å². The summed E-state index contributed by atoms with van der Waals surface area (Å²) in [6.07, 6.45) is 2.06. The second-order valence-corrected chi connectivity index (χ2v) is 31.2. The van der Waals surface area contributed by atoms with E-state index < -0.39 is 0 Å². The third-order valence-corrected chi connectivity index (χ3v) is 40.0. The molecule has 0 aromatic heterocycles. The van der Waals surface area contributed by atoms with Crippen LogP contribution in [0.1, 0.15) is 24.0 Å². The van der Waals surface area contributed by atoms with Crippen LogP contribution in [0.2, 0.25) is 0 Å². The second-order valence-electron chi connectivity index (χ2n) is 6.07. The molecule has 0 amide bonds. The summed E-state index contributed by atoms with van der Waals surface area (Å²) in [5.74, 6) is 1.71. The minimum atomic E-state index is 0.516. The summed E-state index contributed by atoms with van der Waals surface area (Å²) >= 11 is 2.38. The summed E-state index contributed by atoms with van der Waals surface area (Å²) in [4.78, 5) is 9.19. The molecule has 0 aliphatic carbocycles. The van der Waals surface area contributed by atoms with Crippen LogP contribution in [0, 0.1) is 0 Å². The monoisotopic (exact) mass is 640 g/mol. The maximum atomic E-state index is 5.81. The van der Waals surface area contributed by atoms with Crippen LogP contribution < -0.4 is 8.92 Å². The third-order valence-electron chi connectivity index (χ3n) is 4.10. The van der Waals surface area contributed by atoms with Crippen molar-refractivity contribution in [2.45, 2.75) is 12.8 Å². The van der Waals surface area contributed by atoms with Crippen LogP contribution in [0.25, 0.3) is 0 Å². The summed E-state index contributed by atoms with van der Waals surface area (Å²) in [6.45, 7) is 3.36. The molecule has 0 N–H and O–H groups in total. The summed E-state index contributed by atoms with van der Waals surface area (Å²) in [5, 5.41) is 0. The Hall–Kier alpha value is -0.542. The van der Waals surface area contributed by atoms with E-state index >= 15 is 0 Å². The molecule has 2 aromatic carbocycles. The molecule has 28 heavy (non-hydrogen) atoms. The zero-order chi connectivity index (χ0) is 19.0. The van der Waals surface area contributed by atoms with Gasteiger partial charge < -0.3 is 0 Å². The van der Waals surface area contributed by atoms with Crippen molar-refractivity contribution in [2.75, 3.05) is 26.3 Å². The van der Waals surface area contributed by atoms with Gasteiger partial charge in [-0.25, -0.2) is 0 Å². The van der Waals surface area contributed by atoms with E-state index in [-0.39, 0.29) is 0 Å². The summed E-state index contributed by atoms with van der Waals surface area (Å²) in [5.41, 5.74) is 2.44. The number of hydrogen-bond acceptors (Lipinski definition) is 4. The van der Waals surface area contributed by atoms with E-state index in [1.165, 1.54) is 20.1 Å². The first-order valence-electron chi connectivity index (χ1n) is 9.13. The standard InChI is InChI=1S/C20H20N2O2Se4/c1-3-9-17(15(7-1)19-21-11-5-13-23-19)25-27-28-26-18-10-4-2-8-16(18)20-22-12-6-14-24-20/h1-4,7-10H,5-6,11-14H2. The Morgan fingerprint density at radius 1 is 0.643 bits per heavy atom. The molecule has 8 heteroatoms. The number of rotatable bonds is 7. The van der Waals surface area contributed by atoms with Gasteiger partial charge in [-0.15, -0.1) is 0 Å². The number of aliphatic imine (C=N–C) groups is 2. The van der Waals surface area contributed by atoms with Crippen LogP contribution in [-0.4, -0.2) is 87.0 Å². The molecule has 2 aliphatic heterocycles. The summed E-state index contributed by atoms with van der Waals surface area (Å²) in [6, 6.07) is 17.3. The molecule has 0 radical (unpaired) electrons. The van der Waals surface area contributed by atoms with Crippen molar-refractivity contribution < 1.29 is 9.47 Å². The van der Waals surface area contributed by atoms with Crippen LogP contribution in [0.3, 0.4) is 0 Å². The van der Waals surface area contributed by atoms with Crippen molar-refractivity contribution in [3.63, 3.8) is 0 Å². The molecule has 4 nitrogen and oxygen atoms in total. The molecule has 2 aliphatic rings. The Morgan fingerprint density at radius 3 is 1.54 bits per heavy atom. The summed E-state index contributed by atoms with van der Waals surface area (Å²) < 4.78 is 14.5. The van der Waals surface area contributed by atoms with Gasteiger partial charge in [0, 0.05) is 0 Å². The molecule has 0 bridgehead atoms. The van der Waals surface area contributed by atoms with Crippen molar-refractivity contribution in [3.8, 4) is 0 Å². The normalized spacial score (nSPS) is 16.6. The van der Waals surface area contributed by atoms with Crippen LogP contribution in [-0.2, 0) is 9.47 Å². The number of benzene rings is 2. The molecular weight excluding hydrogens is 616 g/mol. The van der Waals surface area contributed by atoms with E-state index in [0.29, 0.717) is 48.9 Å². The topological polar surface area (TPSA) is 43.2 Å². The molecule has 4 rings (SSSR count). The van der Waals surface area contributed by atoms with E-state index in [2.05, 4.69) is 58.5 Å². The van der Waals surface area contributed by atoms with Gasteiger partial charge in [0.05, 0.1) is 0 Å². The van der Waals surface area contributed by atoms with Crippen molar-refractivity contribution in [1.82, 2.24) is 0 Å². The first-order chi connectivity index (χ1) is 13.9. The molecule has 0 saturated carbocycles. The average Bonchev–Trinajstić information content (AvgIpc) is 2.78. The molecule has 0 fully saturated rings. The van der Waals surface area contributed by atoms with Crippen LogP contribution in [0.4, 0.5) is 0 Å². The molecular formula is C20H20N2O2Se4. The minimum absolute atomic E-state index is 0.516. The molecule has 146 valence electrons. The SMILES string of the molecule is c1ccc(C2=NCCCO2)c([Se][Se][Se][Se]c2ccccc2C2=NCCCO2)c1. The maximum absolute atomic E-state index is 5.81. The molecule has 0 spiro atoms. The van der Waals surface area contributed by atoms with Gasteiger partial charge in [0.15, 0.2) is 0 Å². The molecule has 0 saturated heterocycles. The van der Waals surface area contributed by atoms with Gasteiger partial charge >= 0.3 is 188 Å². The molecule has 0 unspecified atom stereocenters. The Morgan fingerprint density at radius 2 is 1.11 bits per heavy atom. The number of hydrogen-bond donors (Lipinski definition) is 0. The first kappa shape index (κ1) is 20.7. The Labute approximate surface area is 186 Å². The van der Waals surface area contributed by atoms with Crippen molar-refractivity contribution >= 4 is 69.6 Å². The Balaban J connectivity index is 1.37. The van der Waals surface area contributed by atoms with Crippen molar-refractivity contribution in [2.24, 2.45) is 9.98 Å². The van der Waals surface area contributed by atoms with Gasteiger partial charge in [-0.2, -0.15) is 0 Å². The van der Waals surface area contributed by atoms with Gasteiger partial charge in [-0.3, -0.25) is 0 Å². The fourth-order valence-electron chi connectivity index (χ4n) is 2.78. The fourth-order valence-corrected chi connectivity index (χ4v) is 38.0. The average molecular weight is 636 g/mol. The fraction of sp³-hybridized carbons (Fsp3) is 0.300. The van der Waals surface area contributed by atoms with Crippen LogP contribution in [0.5, 0.6) is 0 Å².